The van der Waals surface area contributed by atoms with Gasteiger partial charge >= 0.3 is 0 Å². The maximum absolute atomic E-state index is 13.8. The number of aliphatic hydroxyl groups excluding tert-OH is 1. The van der Waals surface area contributed by atoms with Gasteiger partial charge in [0.15, 0.2) is 0 Å². The van der Waals surface area contributed by atoms with Gasteiger partial charge < -0.3 is 20.5 Å². The molecular formula is C34H47F2N5O5S. The second-order valence-electron chi connectivity index (χ2n) is 13.5. The number of anilines is 2. The second kappa shape index (κ2) is 15.2. The van der Waals surface area contributed by atoms with E-state index in [-0.39, 0.29) is 30.3 Å². The zero-order valence-corrected chi connectivity index (χ0v) is 28.8. The summed E-state index contributed by atoms with van der Waals surface area (Å²) in [5.74, 6) is 6.02. The predicted octanol–water partition coefficient (Wildman–Crippen LogP) is 4.31. The molecule has 0 bridgehead atoms. The number of rotatable bonds is 16. The summed E-state index contributed by atoms with van der Waals surface area (Å²) in [6.45, 7) is 9.33. The topological polar surface area (TPSA) is 133 Å². The largest absolute Gasteiger partial charge is 0.491 e. The molecule has 10 nitrogen and oxygen atoms in total. The first-order chi connectivity index (χ1) is 22.0. The maximum atomic E-state index is 13.8. The first-order valence-corrected chi connectivity index (χ1v) is 17.6. The third-order valence-electron chi connectivity index (χ3n) is 8.48. The van der Waals surface area contributed by atoms with Gasteiger partial charge in [0.05, 0.1) is 22.9 Å². The van der Waals surface area contributed by atoms with Crippen LogP contribution in [0.15, 0.2) is 30.3 Å². The monoisotopic (exact) mass is 675 g/mol. The molecule has 0 unspecified atom stereocenters. The van der Waals surface area contributed by atoms with Crippen molar-refractivity contribution in [2.45, 2.75) is 83.2 Å². The first-order valence-electron chi connectivity index (χ1n) is 16.1. The highest BCUT2D eigenvalue weighted by Gasteiger charge is 2.33. The number of ether oxygens (including phenoxy) is 1. The summed E-state index contributed by atoms with van der Waals surface area (Å²) in [4.78, 5) is 18.2. The lowest BCUT2D eigenvalue weighted by Crippen LogP contribution is -2.53. The molecule has 13 heteroatoms. The molecule has 2 aliphatic carbocycles. The van der Waals surface area contributed by atoms with Gasteiger partial charge in [0.1, 0.15) is 35.6 Å². The molecule has 0 saturated heterocycles. The van der Waals surface area contributed by atoms with Gasteiger partial charge in [0, 0.05) is 50.3 Å². The van der Waals surface area contributed by atoms with Crippen LogP contribution < -0.4 is 25.0 Å². The van der Waals surface area contributed by atoms with Gasteiger partial charge in [0.2, 0.25) is 10.0 Å². The molecule has 0 spiro atoms. The van der Waals surface area contributed by atoms with Gasteiger partial charge in [-0.25, -0.2) is 22.2 Å². The van der Waals surface area contributed by atoms with E-state index in [0.717, 1.165) is 29.3 Å². The first kappa shape index (κ1) is 36.4. The number of hydrogen-bond donors (Lipinski definition) is 4. The SMILES string of the molecule is CC(C)S(=O)(=O)N(C)c1cc(C(=O)N[C@@H](COc2cc(F)cc(F)c2)[C@H](O)CNC(C)(C)C#CCC2CC2)cc(NC[C@H]2C[C@@H]2C)n1. The van der Waals surface area contributed by atoms with E-state index in [1.54, 1.807) is 13.8 Å². The number of nitrogens with zero attached hydrogens (tertiary/aromatic N) is 2. The summed E-state index contributed by atoms with van der Waals surface area (Å²) < 4.78 is 60.3. The fourth-order valence-corrected chi connectivity index (χ4v) is 5.83. The van der Waals surface area contributed by atoms with Gasteiger partial charge in [-0.05, 0) is 76.8 Å². The predicted molar refractivity (Wildman–Crippen MR) is 179 cm³/mol. The second-order valence-corrected chi connectivity index (χ2v) is 16.1. The third kappa shape index (κ3) is 10.8. The molecule has 2 saturated carbocycles. The van der Waals surface area contributed by atoms with Crippen molar-refractivity contribution in [1.29, 1.82) is 0 Å². The fourth-order valence-electron chi connectivity index (χ4n) is 4.85. The van der Waals surface area contributed by atoms with Crippen molar-refractivity contribution in [1.82, 2.24) is 15.6 Å². The van der Waals surface area contributed by atoms with Crippen molar-refractivity contribution in [3.63, 3.8) is 0 Å². The van der Waals surface area contributed by atoms with E-state index >= 15 is 0 Å². The summed E-state index contributed by atoms with van der Waals surface area (Å²) in [6.07, 6.45) is 3.06. The van der Waals surface area contributed by atoms with E-state index in [1.807, 2.05) is 13.8 Å². The number of β-amino-alcohol motifs (C(OH)–C–C–N with tert-alkyl or cyclic N) is 1. The van der Waals surface area contributed by atoms with E-state index in [1.165, 1.54) is 32.0 Å². The molecule has 1 heterocycles. The maximum Gasteiger partial charge on any atom is 0.251 e. The van der Waals surface area contributed by atoms with Crippen LogP contribution in [0.25, 0.3) is 0 Å². The zero-order valence-electron chi connectivity index (χ0n) is 27.9. The van der Waals surface area contributed by atoms with Gasteiger partial charge in [-0.2, -0.15) is 0 Å². The highest BCUT2D eigenvalue weighted by molar-refractivity contribution is 7.93. The Hall–Kier alpha value is -3.47. The summed E-state index contributed by atoms with van der Waals surface area (Å²) >= 11 is 0. The van der Waals surface area contributed by atoms with Gasteiger partial charge in [-0.1, -0.05) is 12.8 Å². The number of aliphatic hydroxyl groups is 1. The average Bonchev–Trinajstić information content (AvgIpc) is 3.94. The lowest BCUT2D eigenvalue weighted by molar-refractivity contribution is 0.0718. The number of aromatic nitrogens is 1. The van der Waals surface area contributed by atoms with E-state index < -0.39 is 50.5 Å². The van der Waals surface area contributed by atoms with Crippen molar-refractivity contribution in [2.75, 3.05) is 36.4 Å². The van der Waals surface area contributed by atoms with Crippen LogP contribution in [0.1, 0.15) is 70.7 Å². The Bertz CT molecular complexity index is 1570. The minimum atomic E-state index is -3.76. The Labute approximate surface area is 277 Å². The molecule has 47 heavy (non-hydrogen) atoms. The minimum Gasteiger partial charge on any atom is -0.491 e. The number of hydrogen-bond acceptors (Lipinski definition) is 8. The van der Waals surface area contributed by atoms with Crippen molar-refractivity contribution in [3.05, 3.63) is 47.5 Å². The number of benzene rings is 1. The molecule has 2 aromatic rings. The van der Waals surface area contributed by atoms with Crippen molar-refractivity contribution >= 4 is 27.6 Å². The molecule has 0 radical (unpaired) electrons. The number of sulfonamides is 1. The van der Waals surface area contributed by atoms with Crippen molar-refractivity contribution in [2.24, 2.45) is 17.8 Å². The zero-order chi connectivity index (χ0) is 34.5. The lowest BCUT2D eigenvalue weighted by Gasteiger charge is -2.28. The summed E-state index contributed by atoms with van der Waals surface area (Å²) in [7, 11) is -2.38. The average molecular weight is 676 g/mol. The van der Waals surface area contributed by atoms with Gasteiger partial charge in [0.25, 0.3) is 5.91 Å². The Morgan fingerprint density at radius 3 is 2.43 bits per heavy atom. The van der Waals surface area contributed by atoms with Crippen LogP contribution in [0.4, 0.5) is 20.4 Å². The fraction of sp³-hybridized carbons (Fsp3) is 0.588. The molecule has 4 atom stereocenters. The molecular weight excluding hydrogens is 628 g/mol. The Morgan fingerprint density at radius 1 is 1.17 bits per heavy atom. The number of halogens is 2. The Balaban J connectivity index is 1.56. The van der Waals surface area contributed by atoms with Crippen LogP contribution in [0.5, 0.6) is 5.75 Å². The molecule has 1 aromatic carbocycles. The summed E-state index contributed by atoms with van der Waals surface area (Å²) in [5.41, 5.74) is -0.538. The third-order valence-corrected chi connectivity index (χ3v) is 10.6. The van der Waals surface area contributed by atoms with E-state index in [0.29, 0.717) is 36.2 Å². The van der Waals surface area contributed by atoms with Crippen LogP contribution in [0, 0.1) is 41.2 Å². The number of nitrogens with one attached hydrogen (secondary N) is 3. The molecule has 2 fully saturated rings. The van der Waals surface area contributed by atoms with E-state index in [9.17, 15) is 27.1 Å². The molecule has 2 aliphatic rings. The molecule has 258 valence electrons. The van der Waals surface area contributed by atoms with Crippen LogP contribution in [-0.2, 0) is 10.0 Å². The number of pyridine rings is 1. The quantitative estimate of drug-likeness (QED) is 0.194. The number of carbonyl (C=O) groups excluding carboxylic acids is 1. The minimum absolute atomic E-state index is 0.0142. The van der Waals surface area contributed by atoms with Crippen LogP contribution in [0.3, 0.4) is 0 Å². The van der Waals surface area contributed by atoms with E-state index in [4.69, 9.17) is 4.74 Å². The smallest absolute Gasteiger partial charge is 0.251 e. The normalized spacial score (nSPS) is 18.9. The summed E-state index contributed by atoms with van der Waals surface area (Å²) in [5, 5.41) is 19.7. The summed E-state index contributed by atoms with van der Waals surface area (Å²) in [6, 6.07) is 4.56. The van der Waals surface area contributed by atoms with Crippen LogP contribution in [0.2, 0.25) is 0 Å². The molecule has 0 aliphatic heterocycles. The standard InChI is InChI=1S/C34H47F2N5O5S/c1-21(2)47(44,45)41(6)32-14-24(13-31(40-32)37-18-25-12-22(25)3)33(43)39-29(20-46-28-16-26(35)15-27(36)17-28)30(42)19-38-34(4,5)11-7-8-23-9-10-23/h13-17,21-23,25,29-30,38,42H,8-10,12,18-20H2,1-6H3,(H,37,40)(H,39,43)/t22-,25+,29-,30+/m0/s1. The van der Waals surface area contributed by atoms with Crippen LogP contribution >= 0.6 is 0 Å². The van der Waals surface area contributed by atoms with Crippen LogP contribution in [-0.4, -0.2) is 74.1 Å². The highest BCUT2D eigenvalue weighted by atomic mass is 32.2. The lowest BCUT2D eigenvalue weighted by atomic mass is 10.0. The molecule has 1 aromatic heterocycles. The van der Waals surface area contributed by atoms with Crippen molar-refractivity contribution < 1.29 is 31.8 Å². The molecule has 4 N–H and O–H groups in total. The Kier molecular flexibility index (Phi) is 11.7. The Morgan fingerprint density at radius 2 is 1.83 bits per heavy atom. The highest BCUT2D eigenvalue weighted by Crippen LogP contribution is 2.37. The van der Waals surface area contributed by atoms with Gasteiger partial charge in [-0.3, -0.25) is 14.4 Å². The molecule has 1 amide bonds. The van der Waals surface area contributed by atoms with Crippen molar-refractivity contribution in [3.8, 4) is 17.6 Å². The van der Waals surface area contributed by atoms with Gasteiger partial charge in [-0.15, -0.1) is 5.92 Å². The number of carbonyl (C=O) groups is 1. The van der Waals surface area contributed by atoms with E-state index in [2.05, 4.69) is 39.7 Å². The number of amides is 1. The molecule has 4 rings (SSSR count).